The topological polar surface area (TPSA) is 74.5 Å². The summed E-state index contributed by atoms with van der Waals surface area (Å²) >= 11 is 12.0. The van der Waals surface area contributed by atoms with Gasteiger partial charge in [-0.15, -0.1) is 0 Å². The zero-order chi connectivity index (χ0) is 11.5. The lowest BCUT2D eigenvalue weighted by molar-refractivity contribution is 0.937. The summed E-state index contributed by atoms with van der Waals surface area (Å²) in [5, 5.41) is 3.95. The number of nitrogens with two attached hydrogens (primary N) is 1. The van der Waals surface area contributed by atoms with Crippen molar-refractivity contribution in [3.8, 4) is 0 Å². The molecular weight excluding hydrogens is 249 g/mol. The molecule has 0 aromatic heterocycles. The third kappa shape index (κ3) is 2.43. The van der Waals surface area contributed by atoms with Crippen molar-refractivity contribution < 1.29 is 0 Å². The standard InChI is InChI=1S/C9H11Cl2N5/c10-6-3-5(12)4-7(11)8(6)15-16-9-13-1-2-14-9/h3-4,15H,1-2,12H2,(H2,13,14,16). The largest absolute Gasteiger partial charge is 0.399 e. The third-order valence-corrected chi connectivity index (χ3v) is 2.64. The van der Waals surface area contributed by atoms with Crippen molar-refractivity contribution >= 4 is 40.5 Å². The van der Waals surface area contributed by atoms with Gasteiger partial charge in [0.15, 0.2) is 0 Å². The normalized spacial score (nSPS) is 14.2. The minimum Gasteiger partial charge on any atom is -0.399 e. The molecule has 86 valence electrons. The van der Waals surface area contributed by atoms with Crippen LogP contribution >= 0.6 is 23.2 Å². The van der Waals surface area contributed by atoms with Gasteiger partial charge in [0.1, 0.15) is 0 Å². The molecule has 2 rings (SSSR count). The van der Waals surface area contributed by atoms with Crippen LogP contribution in [0, 0.1) is 0 Å². The summed E-state index contributed by atoms with van der Waals surface area (Å²) in [6.07, 6.45) is 0. The van der Waals surface area contributed by atoms with Gasteiger partial charge in [0, 0.05) is 12.2 Å². The fourth-order valence-corrected chi connectivity index (χ4v) is 1.91. The number of guanidine groups is 1. The second-order valence-corrected chi connectivity index (χ2v) is 4.08. The highest BCUT2D eigenvalue weighted by atomic mass is 35.5. The fourth-order valence-electron chi connectivity index (χ4n) is 1.32. The molecule has 0 radical (unpaired) electrons. The van der Waals surface area contributed by atoms with Crippen LogP contribution in [0.15, 0.2) is 17.1 Å². The van der Waals surface area contributed by atoms with Gasteiger partial charge in [0.25, 0.3) is 0 Å². The highest BCUT2D eigenvalue weighted by molar-refractivity contribution is 6.39. The van der Waals surface area contributed by atoms with E-state index in [1.165, 1.54) is 0 Å². The SMILES string of the molecule is Nc1cc(Cl)c(NNC2=NCCN2)c(Cl)c1. The average molecular weight is 260 g/mol. The smallest absolute Gasteiger partial charge is 0.210 e. The molecule has 1 heterocycles. The molecule has 0 atom stereocenters. The van der Waals surface area contributed by atoms with Gasteiger partial charge < -0.3 is 11.1 Å². The Labute approximate surface area is 103 Å². The van der Waals surface area contributed by atoms with E-state index in [9.17, 15) is 0 Å². The Bertz CT molecular complexity index is 409. The maximum Gasteiger partial charge on any atom is 0.210 e. The van der Waals surface area contributed by atoms with Gasteiger partial charge >= 0.3 is 0 Å². The van der Waals surface area contributed by atoms with E-state index in [-0.39, 0.29) is 0 Å². The van der Waals surface area contributed by atoms with Gasteiger partial charge in [-0.2, -0.15) is 0 Å². The molecule has 5 nitrogen and oxygen atoms in total. The summed E-state index contributed by atoms with van der Waals surface area (Å²) in [5.74, 6) is 0.670. The predicted octanol–water partition coefficient (Wildman–Crippen LogP) is 1.45. The Morgan fingerprint density at radius 2 is 1.94 bits per heavy atom. The maximum atomic E-state index is 5.99. The number of nitrogens with zero attached hydrogens (tertiary/aromatic N) is 1. The van der Waals surface area contributed by atoms with Crippen LogP contribution in [0.25, 0.3) is 0 Å². The predicted molar refractivity (Wildman–Crippen MR) is 67.9 cm³/mol. The Morgan fingerprint density at radius 3 is 2.50 bits per heavy atom. The monoisotopic (exact) mass is 259 g/mol. The van der Waals surface area contributed by atoms with E-state index in [2.05, 4.69) is 21.2 Å². The maximum absolute atomic E-state index is 5.99. The van der Waals surface area contributed by atoms with Gasteiger partial charge in [-0.1, -0.05) is 23.2 Å². The summed E-state index contributed by atoms with van der Waals surface area (Å²) in [5.41, 5.74) is 12.5. The van der Waals surface area contributed by atoms with Crippen molar-refractivity contribution in [1.29, 1.82) is 0 Å². The number of benzene rings is 1. The number of hydrogen-bond acceptors (Lipinski definition) is 5. The van der Waals surface area contributed by atoms with Gasteiger partial charge in [-0.3, -0.25) is 15.8 Å². The fraction of sp³-hybridized carbons (Fsp3) is 0.222. The first-order valence-corrected chi connectivity index (χ1v) is 5.47. The van der Waals surface area contributed by atoms with Crippen LogP contribution in [0.4, 0.5) is 11.4 Å². The second kappa shape index (κ2) is 4.67. The van der Waals surface area contributed by atoms with Crippen molar-refractivity contribution in [2.45, 2.75) is 0 Å². The molecule has 0 unspecified atom stereocenters. The molecule has 0 bridgehead atoms. The van der Waals surface area contributed by atoms with Crippen LogP contribution in [-0.2, 0) is 0 Å². The van der Waals surface area contributed by atoms with Gasteiger partial charge in [0.2, 0.25) is 5.96 Å². The third-order valence-electron chi connectivity index (χ3n) is 2.04. The Kier molecular flexibility index (Phi) is 3.26. The molecule has 0 amide bonds. The van der Waals surface area contributed by atoms with Crippen molar-refractivity contribution in [3.05, 3.63) is 22.2 Å². The van der Waals surface area contributed by atoms with Crippen molar-refractivity contribution in [2.24, 2.45) is 4.99 Å². The number of anilines is 2. The average Bonchev–Trinajstić information content (AvgIpc) is 2.68. The molecule has 5 N–H and O–H groups in total. The van der Waals surface area contributed by atoms with E-state index in [1.54, 1.807) is 12.1 Å². The molecule has 16 heavy (non-hydrogen) atoms. The van der Waals surface area contributed by atoms with Gasteiger partial charge in [-0.25, -0.2) is 0 Å². The number of nitrogens with one attached hydrogen (secondary N) is 3. The molecule has 0 spiro atoms. The summed E-state index contributed by atoms with van der Waals surface area (Å²) in [6, 6.07) is 3.25. The summed E-state index contributed by atoms with van der Waals surface area (Å²) < 4.78 is 0. The lowest BCUT2D eigenvalue weighted by Gasteiger charge is -2.13. The first-order valence-electron chi connectivity index (χ1n) is 4.71. The molecule has 0 saturated heterocycles. The molecule has 0 saturated carbocycles. The molecule has 1 aromatic rings. The van der Waals surface area contributed by atoms with Crippen LogP contribution < -0.4 is 21.9 Å². The quantitative estimate of drug-likeness (QED) is 0.479. The van der Waals surface area contributed by atoms with E-state index >= 15 is 0 Å². The number of hydrogen-bond donors (Lipinski definition) is 4. The van der Waals surface area contributed by atoms with E-state index < -0.39 is 0 Å². The second-order valence-electron chi connectivity index (χ2n) is 3.27. The molecule has 7 heteroatoms. The Hall–Kier alpha value is -1.33. The molecular formula is C9H11Cl2N5. The molecule has 1 aromatic carbocycles. The van der Waals surface area contributed by atoms with Crippen LogP contribution in [0.1, 0.15) is 0 Å². The Balaban J connectivity index is 2.09. The van der Waals surface area contributed by atoms with Crippen molar-refractivity contribution in [3.63, 3.8) is 0 Å². The van der Waals surface area contributed by atoms with Crippen molar-refractivity contribution in [1.82, 2.24) is 10.7 Å². The molecule has 1 aliphatic heterocycles. The molecule has 0 aliphatic carbocycles. The van der Waals surface area contributed by atoms with Crippen LogP contribution in [0.3, 0.4) is 0 Å². The van der Waals surface area contributed by atoms with Crippen LogP contribution in [-0.4, -0.2) is 19.0 Å². The number of aliphatic imine (C=N–C) groups is 1. The zero-order valence-electron chi connectivity index (χ0n) is 8.35. The van der Waals surface area contributed by atoms with E-state index in [4.69, 9.17) is 28.9 Å². The first kappa shape index (κ1) is 11.2. The molecule has 1 aliphatic rings. The van der Waals surface area contributed by atoms with E-state index in [0.717, 1.165) is 13.1 Å². The lowest BCUT2D eigenvalue weighted by atomic mass is 10.3. The van der Waals surface area contributed by atoms with Gasteiger partial charge in [0.05, 0.1) is 22.3 Å². The van der Waals surface area contributed by atoms with E-state index in [1.807, 2.05) is 0 Å². The summed E-state index contributed by atoms with van der Waals surface area (Å²) in [4.78, 5) is 4.15. The minimum absolute atomic E-state index is 0.455. The number of nitrogen functional groups attached to an aromatic ring is 1. The highest BCUT2D eigenvalue weighted by Gasteiger charge is 2.09. The number of rotatable bonds is 2. The summed E-state index contributed by atoms with van der Waals surface area (Å²) in [6.45, 7) is 1.58. The Morgan fingerprint density at radius 1 is 1.25 bits per heavy atom. The summed E-state index contributed by atoms with van der Waals surface area (Å²) in [7, 11) is 0. The first-order chi connectivity index (χ1) is 7.66. The van der Waals surface area contributed by atoms with Crippen LogP contribution in [0.2, 0.25) is 10.0 Å². The molecule has 0 fully saturated rings. The zero-order valence-corrected chi connectivity index (χ0v) is 9.86. The van der Waals surface area contributed by atoms with Crippen molar-refractivity contribution in [2.75, 3.05) is 24.2 Å². The lowest BCUT2D eigenvalue weighted by Crippen LogP contribution is -2.37. The number of hydrazine groups is 1. The van der Waals surface area contributed by atoms with Gasteiger partial charge in [-0.05, 0) is 12.1 Å². The van der Waals surface area contributed by atoms with E-state index in [0.29, 0.717) is 27.4 Å². The number of halogens is 2. The van der Waals surface area contributed by atoms with Crippen LogP contribution in [0.5, 0.6) is 0 Å². The minimum atomic E-state index is 0.455. The highest BCUT2D eigenvalue weighted by Crippen LogP contribution is 2.32.